The van der Waals surface area contributed by atoms with Gasteiger partial charge in [0.2, 0.25) is 0 Å². The molecule has 8 nitrogen and oxygen atoms in total. The molecule has 3 aliphatic heterocycles. The van der Waals surface area contributed by atoms with Crippen molar-refractivity contribution in [3.05, 3.63) is 24.3 Å². The van der Waals surface area contributed by atoms with Gasteiger partial charge in [0.1, 0.15) is 24.1 Å². The highest BCUT2D eigenvalue weighted by molar-refractivity contribution is 5.96. The molecule has 5 atom stereocenters. The second kappa shape index (κ2) is 7.76. The number of anilines is 1. The molecule has 0 spiro atoms. The summed E-state index contributed by atoms with van der Waals surface area (Å²) >= 11 is 0. The predicted octanol–water partition coefficient (Wildman–Crippen LogP) is 3.06. The summed E-state index contributed by atoms with van der Waals surface area (Å²) in [6.45, 7) is 11.9. The number of para-hydroxylation sites is 2. The third-order valence-corrected chi connectivity index (χ3v) is 5.13. The van der Waals surface area contributed by atoms with Crippen LogP contribution in [0.15, 0.2) is 24.3 Å². The van der Waals surface area contributed by atoms with Crippen LogP contribution in [0.25, 0.3) is 0 Å². The first kappa shape index (κ1) is 21.5. The number of amides is 1. The van der Waals surface area contributed by atoms with Crippen molar-refractivity contribution >= 4 is 11.6 Å². The molecule has 0 bridgehead atoms. The number of benzene rings is 1. The lowest BCUT2D eigenvalue weighted by Crippen LogP contribution is -2.58. The second-order valence-electron chi connectivity index (χ2n) is 9.28. The first-order chi connectivity index (χ1) is 14.0. The topological polar surface area (TPSA) is 84.5 Å². The Balaban J connectivity index is 1.54. The van der Waals surface area contributed by atoms with Crippen LogP contribution in [-0.2, 0) is 28.5 Å². The number of hydrogen-bond acceptors (Lipinski definition) is 7. The summed E-state index contributed by atoms with van der Waals surface area (Å²) in [6.07, 6.45) is -3.22. The van der Waals surface area contributed by atoms with Crippen LogP contribution in [0.3, 0.4) is 0 Å². The summed E-state index contributed by atoms with van der Waals surface area (Å²) in [6, 6.07) is 7.33. The Labute approximate surface area is 177 Å². The van der Waals surface area contributed by atoms with Gasteiger partial charge in [-0.3, -0.25) is 4.79 Å². The van der Waals surface area contributed by atoms with Gasteiger partial charge in [0.25, 0.3) is 5.91 Å². The third-order valence-electron chi connectivity index (χ3n) is 5.13. The smallest absolute Gasteiger partial charge is 0.256 e. The summed E-state index contributed by atoms with van der Waals surface area (Å²) in [4.78, 5) is 13.2. The second-order valence-corrected chi connectivity index (χ2v) is 9.28. The van der Waals surface area contributed by atoms with Gasteiger partial charge < -0.3 is 33.7 Å². The molecule has 4 rings (SSSR count). The molecule has 0 radical (unpaired) electrons. The Morgan fingerprint density at radius 1 is 1.00 bits per heavy atom. The summed E-state index contributed by atoms with van der Waals surface area (Å²) in [5.74, 6) is -1.07. The number of rotatable bonds is 5. The molecule has 1 amide bonds. The van der Waals surface area contributed by atoms with Crippen LogP contribution in [0.4, 0.5) is 5.69 Å². The fourth-order valence-corrected chi connectivity index (χ4v) is 3.98. The van der Waals surface area contributed by atoms with E-state index in [0.29, 0.717) is 24.0 Å². The minimum Gasteiger partial charge on any atom is -0.491 e. The summed E-state index contributed by atoms with van der Waals surface area (Å²) in [5, 5.41) is 2.92. The van der Waals surface area contributed by atoms with E-state index in [1.54, 1.807) is 6.07 Å². The lowest BCUT2D eigenvalue weighted by Gasteiger charge is -2.36. The van der Waals surface area contributed by atoms with Gasteiger partial charge in [-0.1, -0.05) is 26.0 Å². The molecule has 3 fully saturated rings. The molecule has 5 unspecified atom stereocenters. The molecule has 3 heterocycles. The highest BCUT2D eigenvalue weighted by atomic mass is 16.9. The first-order valence-electron chi connectivity index (χ1n) is 10.4. The fraction of sp³-hybridized carbons (Fsp3) is 0.682. The maximum atomic E-state index is 13.2. The van der Waals surface area contributed by atoms with Crippen molar-refractivity contribution in [3.8, 4) is 5.75 Å². The molecule has 0 saturated carbocycles. The van der Waals surface area contributed by atoms with Crippen LogP contribution in [0.1, 0.15) is 41.5 Å². The summed E-state index contributed by atoms with van der Waals surface area (Å²) < 4.78 is 35.8. The number of nitrogens with one attached hydrogen (secondary N) is 1. The predicted molar refractivity (Wildman–Crippen MR) is 108 cm³/mol. The molecule has 0 aliphatic carbocycles. The minimum atomic E-state index is -0.923. The van der Waals surface area contributed by atoms with Crippen LogP contribution in [-0.4, -0.2) is 54.8 Å². The van der Waals surface area contributed by atoms with E-state index in [-0.39, 0.29) is 5.91 Å². The van der Waals surface area contributed by atoms with Gasteiger partial charge in [-0.2, -0.15) is 0 Å². The molecule has 166 valence electrons. The molecule has 1 N–H and O–H groups in total. The monoisotopic (exact) mass is 421 g/mol. The van der Waals surface area contributed by atoms with Gasteiger partial charge >= 0.3 is 0 Å². The quantitative estimate of drug-likeness (QED) is 0.782. The average molecular weight is 421 g/mol. The summed E-state index contributed by atoms with van der Waals surface area (Å²) in [5.41, 5.74) is 0.576. The van der Waals surface area contributed by atoms with Crippen molar-refractivity contribution in [3.63, 3.8) is 0 Å². The summed E-state index contributed by atoms with van der Waals surface area (Å²) in [7, 11) is 0. The molecule has 30 heavy (non-hydrogen) atoms. The lowest BCUT2D eigenvalue weighted by molar-refractivity contribution is -0.229. The van der Waals surface area contributed by atoms with Crippen LogP contribution in [0.5, 0.6) is 5.75 Å². The van der Waals surface area contributed by atoms with E-state index in [1.165, 1.54) is 0 Å². The minimum absolute atomic E-state index is 0.348. The van der Waals surface area contributed by atoms with Gasteiger partial charge in [-0.25, -0.2) is 0 Å². The number of fused-ring (bicyclic) bond motifs is 3. The SMILES string of the molecule is CC(C)COc1ccccc1NC(=O)C1OC2OC(C)(C)OC2C2OC(C)(C)OC12. The van der Waals surface area contributed by atoms with E-state index in [9.17, 15) is 4.79 Å². The Morgan fingerprint density at radius 2 is 1.63 bits per heavy atom. The van der Waals surface area contributed by atoms with E-state index in [4.69, 9.17) is 28.4 Å². The Kier molecular flexibility index (Phi) is 5.57. The maximum Gasteiger partial charge on any atom is 0.256 e. The zero-order valence-corrected chi connectivity index (χ0v) is 18.3. The number of hydrogen-bond donors (Lipinski definition) is 1. The number of carbonyl (C=O) groups is 1. The largest absolute Gasteiger partial charge is 0.491 e. The van der Waals surface area contributed by atoms with E-state index in [1.807, 2.05) is 45.9 Å². The Bertz CT molecular complexity index is 793. The normalized spacial score (nSPS) is 33.8. The van der Waals surface area contributed by atoms with Crippen molar-refractivity contribution in [2.24, 2.45) is 5.92 Å². The molecule has 8 heteroatoms. The number of ether oxygens (including phenoxy) is 6. The Morgan fingerprint density at radius 3 is 2.37 bits per heavy atom. The zero-order valence-electron chi connectivity index (χ0n) is 18.3. The maximum absolute atomic E-state index is 13.2. The van der Waals surface area contributed by atoms with Crippen molar-refractivity contribution in [1.29, 1.82) is 0 Å². The molecule has 3 aliphatic rings. The van der Waals surface area contributed by atoms with E-state index >= 15 is 0 Å². The highest BCUT2D eigenvalue weighted by Gasteiger charge is 2.62. The van der Waals surface area contributed by atoms with E-state index in [2.05, 4.69) is 19.2 Å². The molecule has 1 aromatic carbocycles. The number of carbonyl (C=O) groups excluding carboxylic acids is 1. The standard InChI is InChI=1S/C22H31NO7/c1-12(2)11-25-14-10-8-7-9-13(14)23-19(24)17-15-16(28-21(3,4)27-15)18-20(26-17)30-22(5,6)29-18/h7-10,12,15-18,20H,11H2,1-6H3,(H,23,24). The van der Waals surface area contributed by atoms with Crippen molar-refractivity contribution in [2.75, 3.05) is 11.9 Å². The molecular formula is C22H31NO7. The Hall–Kier alpha value is -1.71. The van der Waals surface area contributed by atoms with Crippen molar-refractivity contribution in [1.82, 2.24) is 0 Å². The van der Waals surface area contributed by atoms with Crippen molar-refractivity contribution in [2.45, 2.75) is 83.8 Å². The van der Waals surface area contributed by atoms with Gasteiger partial charge in [-0.15, -0.1) is 0 Å². The highest BCUT2D eigenvalue weighted by Crippen LogP contribution is 2.44. The molecule has 0 aromatic heterocycles. The van der Waals surface area contributed by atoms with E-state index < -0.39 is 42.3 Å². The average Bonchev–Trinajstić information content (AvgIpc) is 3.13. The first-order valence-corrected chi connectivity index (χ1v) is 10.4. The molecule has 3 saturated heterocycles. The van der Waals surface area contributed by atoms with Crippen molar-refractivity contribution < 1.29 is 33.2 Å². The van der Waals surface area contributed by atoms with Gasteiger partial charge in [0, 0.05) is 0 Å². The zero-order chi connectivity index (χ0) is 21.7. The molecular weight excluding hydrogens is 390 g/mol. The lowest BCUT2D eigenvalue weighted by atomic mass is 9.98. The molecule has 1 aromatic rings. The third kappa shape index (κ3) is 4.33. The van der Waals surface area contributed by atoms with Crippen LogP contribution in [0.2, 0.25) is 0 Å². The fourth-order valence-electron chi connectivity index (χ4n) is 3.98. The van der Waals surface area contributed by atoms with E-state index in [0.717, 1.165) is 0 Å². The van der Waals surface area contributed by atoms with Crippen LogP contribution in [0, 0.1) is 5.92 Å². The van der Waals surface area contributed by atoms with Crippen LogP contribution < -0.4 is 10.1 Å². The van der Waals surface area contributed by atoms with Gasteiger partial charge in [-0.05, 0) is 45.7 Å². The van der Waals surface area contributed by atoms with Crippen LogP contribution >= 0.6 is 0 Å². The van der Waals surface area contributed by atoms with Gasteiger partial charge in [0.15, 0.2) is 24.0 Å². The van der Waals surface area contributed by atoms with Gasteiger partial charge in [0.05, 0.1) is 12.3 Å².